The summed E-state index contributed by atoms with van der Waals surface area (Å²) < 4.78 is 13.5. The molecule has 0 fully saturated rings. The fraction of sp³-hybridized carbons (Fsp3) is 0.429. The van der Waals surface area contributed by atoms with E-state index in [2.05, 4.69) is 5.32 Å². The Balaban J connectivity index is 2.63. The molecule has 1 atom stereocenters. The molecular formula is C14H18FNO3S. The molecule has 0 radical (unpaired) electrons. The van der Waals surface area contributed by atoms with Crippen molar-refractivity contribution in [2.24, 2.45) is 5.92 Å². The van der Waals surface area contributed by atoms with Gasteiger partial charge in [-0.05, 0) is 31.0 Å². The second kappa shape index (κ2) is 7.28. The quantitative estimate of drug-likeness (QED) is 0.793. The van der Waals surface area contributed by atoms with Gasteiger partial charge in [0.25, 0.3) is 0 Å². The molecule has 20 heavy (non-hydrogen) atoms. The van der Waals surface area contributed by atoms with Gasteiger partial charge in [-0.3, -0.25) is 4.79 Å². The Kier molecular flexibility index (Phi) is 6.01. The molecular weight excluding hydrogens is 281 g/mol. The van der Waals surface area contributed by atoms with Crippen molar-refractivity contribution in [2.45, 2.75) is 31.7 Å². The van der Waals surface area contributed by atoms with Crippen molar-refractivity contribution in [3.05, 3.63) is 29.6 Å². The minimum Gasteiger partial charge on any atom is -0.478 e. The number of halogens is 1. The molecule has 0 aromatic heterocycles. The lowest BCUT2D eigenvalue weighted by molar-refractivity contribution is -0.119. The van der Waals surface area contributed by atoms with Crippen molar-refractivity contribution < 1.29 is 19.1 Å². The lowest BCUT2D eigenvalue weighted by Crippen LogP contribution is -2.37. The number of carbonyl (C=O) groups excluding carboxylic acids is 1. The smallest absolute Gasteiger partial charge is 0.335 e. The van der Waals surface area contributed by atoms with Gasteiger partial charge in [-0.15, -0.1) is 11.8 Å². The third kappa shape index (κ3) is 4.85. The lowest BCUT2D eigenvalue weighted by Gasteiger charge is -2.17. The monoisotopic (exact) mass is 299 g/mol. The average Bonchev–Trinajstić information content (AvgIpc) is 2.37. The van der Waals surface area contributed by atoms with E-state index in [0.29, 0.717) is 5.92 Å². The fourth-order valence-corrected chi connectivity index (χ4v) is 2.14. The summed E-state index contributed by atoms with van der Waals surface area (Å²) in [6.45, 7) is 5.89. The van der Waals surface area contributed by atoms with Gasteiger partial charge < -0.3 is 10.4 Å². The highest BCUT2D eigenvalue weighted by Crippen LogP contribution is 2.23. The van der Waals surface area contributed by atoms with E-state index < -0.39 is 11.8 Å². The normalized spacial score (nSPS) is 12.2. The molecule has 0 saturated heterocycles. The van der Waals surface area contributed by atoms with Gasteiger partial charge >= 0.3 is 5.97 Å². The molecule has 0 bridgehead atoms. The van der Waals surface area contributed by atoms with Crippen LogP contribution < -0.4 is 5.32 Å². The summed E-state index contributed by atoms with van der Waals surface area (Å²) in [5.41, 5.74) is 0.00450. The molecule has 0 aliphatic carbocycles. The summed E-state index contributed by atoms with van der Waals surface area (Å²) in [6.07, 6.45) is 0. The first kappa shape index (κ1) is 16.5. The van der Waals surface area contributed by atoms with Crippen LogP contribution in [-0.2, 0) is 4.79 Å². The van der Waals surface area contributed by atoms with Crippen molar-refractivity contribution in [3.63, 3.8) is 0 Å². The number of amides is 1. The third-order valence-electron chi connectivity index (χ3n) is 2.93. The molecule has 6 heteroatoms. The van der Waals surface area contributed by atoms with Crippen LogP contribution in [0.1, 0.15) is 31.1 Å². The van der Waals surface area contributed by atoms with Crippen LogP contribution in [-0.4, -0.2) is 28.8 Å². The van der Waals surface area contributed by atoms with Gasteiger partial charge in [-0.1, -0.05) is 13.8 Å². The zero-order valence-corrected chi connectivity index (χ0v) is 12.5. The number of carbonyl (C=O) groups is 2. The number of benzene rings is 1. The van der Waals surface area contributed by atoms with Gasteiger partial charge in [0.15, 0.2) is 0 Å². The van der Waals surface area contributed by atoms with Crippen LogP contribution in [0.5, 0.6) is 0 Å². The Morgan fingerprint density at radius 1 is 1.35 bits per heavy atom. The van der Waals surface area contributed by atoms with Crippen LogP contribution in [0.2, 0.25) is 0 Å². The minimum atomic E-state index is -1.12. The second-order valence-corrected chi connectivity index (χ2v) is 5.86. The number of rotatable bonds is 6. The molecule has 0 heterocycles. The fourth-order valence-electron chi connectivity index (χ4n) is 1.35. The lowest BCUT2D eigenvalue weighted by atomic mass is 10.1. The van der Waals surface area contributed by atoms with E-state index in [1.807, 2.05) is 20.8 Å². The Hall–Kier alpha value is -1.56. The predicted octanol–water partition coefficient (Wildman–Crippen LogP) is 2.78. The van der Waals surface area contributed by atoms with E-state index in [1.165, 1.54) is 12.1 Å². The van der Waals surface area contributed by atoms with E-state index in [9.17, 15) is 14.0 Å². The number of nitrogens with one attached hydrogen (secondary N) is 1. The Bertz CT molecular complexity index is 505. The van der Waals surface area contributed by atoms with E-state index in [0.717, 1.165) is 17.8 Å². The summed E-state index contributed by atoms with van der Waals surface area (Å²) in [5.74, 6) is -1.47. The van der Waals surface area contributed by atoms with Gasteiger partial charge in [0, 0.05) is 10.9 Å². The maximum Gasteiger partial charge on any atom is 0.335 e. The van der Waals surface area contributed by atoms with Gasteiger partial charge in [0.2, 0.25) is 5.91 Å². The number of thioether (sulfide) groups is 1. The number of hydrogen-bond donors (Lipinski definition) is 2. The highest BCUT2D eigenvalue weighted by Gasteiger charge is 2.13. The van der Waals surface area contributed by atoms with Crippen LogP contribution in [0.4, 0.5) is 4.39 Å². The Morgan fingerprint density at radius 2 is 2.00 bits per heavy atom. The number of aromatic carboxylic acids is 1. The van der Waals surface area contributed by atoms with Crippen molar-refractivity contribution >= 4 is 23.6 Å². The van der Waals surface area contributed by atoms with Gasteiger partial charge in [0.05, 0.1) is 11.3 Å². The molecule has 1 aromatic rings. The zero-order valence-electron chi connectivity index (χ0n) is 11.6. The van der Waals surface area contributed by atoms with E-state index in [1.54, 1.807) is 0 Å². The van der Waals surface area contributed by atoms with E-state index in [-0.39, 0.29) is 28.2 Å². The van der Waals surface area contributed by atoms with Crippen molar-refractivity contribution in [2.75, 3.05) is 5.75 Å². The van der Waals surface area contributed by atoms with E-state index >= 15 is 0 Å². The van der Waals surface area contributed by atoms with Gasteiger partial charge in [0.1, 0.15) is 5.82 Å². The molecule has 1 rings (SSSR count). The summed E-state index contributed by atoms with van der Waals surface area (Å²) in [4.78, 5) is 22.7. The highest BCUT2D eigenvalue weighted by atomic mass is 32.2. The first-order valence-electron chi connectivity index (χ1n) is 6.26. The van der Waals surface area contributed by atoms with Crippen LogP contribution in [0.15, 0.2) is 23.1 Å². The minimum absolute atomic E-state index is 0.00450. The summed E-state index contributed by atoms with van der Waals surface area (Å²) in [5, 5.41) is 11.7. The van der Waals surface area contributed by atoms with Crippen LogP contribution in [0, 0.1) is 11.7 Å². The molecule has 2 N–H and O–H groups in total. The first-order valence-corrected chi connectivity index (χ1v) is 7.24. The molecule has 0 aliphatic rings. The summed E-state index contributed by atoms with van der Waals surface area (Å²) >= 11 is 0.990. The predicted molar refractivity (Wildman–Crippen MR) is 76.5 cm³/mol. The highest BCUT2D eigenvalue weighted by molar-refractivity contribution is 8.00. The van der Waals surface area contributed by atoms with Crippen molar-refractivity contribution in [1.29, 1.82) is 0 Å². The first-order chi connectivity index (χ1) is 9.31. The molecule has 0 spiro atoms. The van der Waals surface area contributed by atoms with Crippen LogP contribution in [0.3, 0.4) is 0 Å². The van der Waals surface area contributed by atoms with Crippen molar-refractivity contribution in [3.8, 4) is 0 Å². The molecule has 4 nitrogen and oxygen atoms in total. The Labute approximate surface area is 121 Å². The molecule has 1 amide bonds. The standard InChI is InChI=1S/C14H18FNO3S/c1-8(2)9(3)16-13(17)7-20-12-6-10(14(18)19)4-5-11(12)15/h4-6,8-9H,7H2,1-3H3,(H,16,17)(H,18,19). The second-order valence-electron chi connectivity index (χ2n) is 4.84. The topological polar surface area (TPSA) is 66.4 Å². The van der Waals surface area contributed by atoms with Gasteiger partial charge in [-0.25, -0.2) is 9.18 Å². The SMILES string of the molecule is CC(C)C(C)NC(=O)CSc1cc(C(=O)O)ccc1F. The molecule has 0 saturated carbocycles. The maximum atomic E-state index is 13.5. The number of hydrogen-bond acceptors (Lipinski definition) is 3. The zero-order chi connectivity index (χ0) is 15.3. The van der Waals surface area contributed by atoms with Gasteiger partial charge in [-0.2, -0.15) is 0 Å². The molecule has 1 unspecified atom stereocenters. The average molecular weight is 299 g/mol. The Morgan fingerprint density at radius 3 is 2.55 bits per heavy atom. The van der Waals surface area contributed by atoms with Crippen molar-refractivity contribution in [1.82, 2.24) is 5.32 Å². The molecule has 0 aliphatic heterocycles. The summed E-state index contributed by atoms with van der Waals surface area (Å²) in [7, 11) is 0. The number of carboxylic acids is 1. The summed E-state index contributed by atoms with van der Waals surface area (Å²) in [6, 6.07) is 3.57. The number of carboxylic acid groups (broad SMARTS) is 1. The third-order valence-corrected chi connectivity index (χ3v) is 3.96. The maximum absolute atomic E-state index is 13.5. The molecule has 110 valence electrons. The largest absolute Gasteiger partial charge is 0.478 e. The molecule has 1 aromatic carbocycles. The van der Waals surface area contributed by atoms with Crippen LogP contribution in [0.25, 0.3) is 0 Å². The van der Waals surface area contributed by atoms with Crippen LogP contribution >= 0.6 is 11.8 Å². The van der Waals surface area contributed by atoms with E-state index in [4.69, 9.17) is 5.11 Å².